The summed E-state index contributed by atoms with van der Waals surface area (Å²) in [6, 6.07) is 14.1. The predicted molar refractivity (Wildman–Crippen MR) is 111 cm³/mol. The summed E-state index contributed by atoms with van der Waals surface area (Å²) in [5.74, 6) is 0.808. The Labute approximate surface area is 161 Å². The van der Waals surface area contributed by atoms with Crippen LogP contribution >= 0.6 is 11.3 Å². The van der Waals surface area contributed by atoms with Crippen molar-refractivity contribution in [3.63, 3.8) is 0 Å². The molecule has 5 heteroatoms. The van der Waals surface area contributed by atoms with Crippen molar-refractivity contribution in [1.29, 1.82) is 0 Å². The van der Waals surface area contributed by atoms with Gasteiger partial charge in [0.15, 0.2) is 0 Å². The molecule has 0 bridgehead atoms. The fourth-order valence-electron chi connectivity index (χ4n) is 3.18. The van der Waals surface area contributed by atoms with Crippen LogP contribution in [-0.4, -0.2) is 16.7 Å². The van der Waals surface area contributed by atoms with Gasteiger partial charge in [-0.15, -0.1) is 11.3 Å². The SMILES string of the molecule is COc1ccc(-c2csc3c(=O)n(Cc4cc(C)ccc4C)cnc23)cc1. The van der Waals surface area contributed by atoms with Crippen molar-refractivity contribution in [3.8, 4) is 16.9 Å². The molecule has 0 fully saturated rings. The zero-order valence-corrected chi connectivity index (χ0v) is 16.3. The van der Waals surface area contributed by atoms with Gasteiger partial charge in [-0.05, 0) is 42.7 Å². The molecular formula is C22H20N2O2S. The van der Waals surface area contributed by atoms with Crippen LogP contribution in [0.25, 0.3) is 21.3 Å². The first-order valence-corrected chi connectivity index (χ1v) is 9.62. The van der Waals surface area contributed by atoms with E-state index in [0.717, 1.165) is 28.0 Å². The lowest BCUT2D eigenvalue weighted by Gasteiger charge is -2.09. The fourth-order valence-corrected chi connectivity index (χ4v) is 4.16. The molecule has 2 heterocycles. The second kappa shape index (κ2) is 7.00. The summed E-state index contributed by atoms with van der Waals surface area (Å²) >= 11 is 1.45. The molecule has 4 nitrogen and oxygen atoms in total. The lowest BCUT2D eigenvalue weighted by Crippen LogP contribution is -2.20. The van der Waals surface area contributed by atoms with E-state index in [1.165, 1.54) is 22.5 Å². The first kappa shape index (κ1) is 17.5. The standard InChI is InChI=1S/C22H20N2O2S/c1-14-4-5-15(2)17(10-14)11-24-13-23-20-19(12-27-21(20)22(24)25)16-6-8-18(26-3)9-7-16/h4-10,12-13H,11H2,1-3H3. The molecule has 0 aliphatic rings. The molecule has 0 atom stereocenters. The van der Waals surface area contributed by atoms with Crippen LogP contribution in [0.5, 0.6) is 5.75 Å². The highest BCUT2D eigenvalue weighted by Gasteiger charge is 2.13. The van der Waals surface area contributed by atoms with Crippen LogP contribution in [0.1, 0.15) is 16.7 Å². The quantitative estimate of drug-likeness (QED) is 0.514. The molecule has 0 spiro atoms. The van der Waals surface area contributed by atoms with Crippen molar-refractivity contribution in [1.82, 2.24) is 9.55 Å². The van der Waals surface area contributed by atoms with E-state index < -0.39 is 0 Å². The Balaban J connectivity index is 1.75. The molecule has 2 aromatic carbocycles. The summed E-state index contributed by atoms with van der Waals surface area (Å²) in [4.78, 5) is 17.6. The number of nitrogens with zero attached hydrogens (tertiary/aromatic N) is 2. The Kier molecular flexibility index (Phi) is 4.54. The molecule has 0 unspecified atom stereocenters. The van der Waals surface area contributed by atoms with Gasteiger partial charge < -0.3 is 4.74 Å². The zero-order chi connectivity index (χ0) is 19.0. The molecular weight excluding hydrogens is 356 g/mol. The zero-order valence-electron chi connectivity index (χ0n) is 15.5. The van der Waals surface area contributed by atoms with E-state index in [0.29, 0.717) is 11.2 Å². The van der Waals surface area contributed by atoms with Gasteiger partial charge >= 0.3 is 0 Å². The Morgan fingerprint density at radius 2 is 1.89 bits per heavy atom. The number of rotatable bonds is 4. The van der Waals surface area contributed by atoms with E-state index in [9.17, 15) is 4.79 Å². The molecule has 136 valence electrons. The fraction of sp³-hybridized carbons (Fsp3) is 0.182. The molecule has 4 rings (SSSR count). The molecule has 0 aliphatic heterocycles. The number of fused-ring (bicyclic) bond motifs is 1. The predicted octanol–water partition coefficient (Wildman–Crippen LogP) is 4.80. The number of aryl methyl sites for hydroxylation is 2. The summed E-state index contributed by atoms with van der Waals surface area (Å²) in [5.41, 5.74) is 6.28. The van der Waals surface area contributed by atoms with Crippen LogP contribution in [0.3, 0.4) is 0 Å². The molecule has 0 radical (unpaired) electrons. The second-order valence-corrected chi connectivity index (χ2v) is 7.54. The Morgan fingerprint density at radius 3 is 2.63 bits per heavy atom. The van der Waals surface area contributed by atoms with Crippen LogP contribution in [0.15, 0.2) is 59.0 Å². The number of ether oxygens (including phenoxy) is 1. The third kappa shape index (κ3) is 3.26. The van der Waals surface area contributed by atoms with Gasteiger partial charge in [-0.25, -0.2) is 4.98 Å². The van der Waals surface area contributed by atoms with Crippen molar-refractivity contribution in [3.05, 3.63) is 81.2 Å². The number of benzene rings is 2. The maximum atomic E-state index is 13.0. The lowest BCUT2D eigenvalue weighted by molar-refractivity contribution is 0.415. The first-order valence-electron chi connectivity index (χ1n) is 8.74. The molecule has 0 aliphatic carbocycles. The van der Waals surface area contributed by atoms with Crippen molar-refractivity contribution < 1.29 is 4.74 Å². The molecule has 0 saturated heterocycles. The highest BCUT2D eigenvalue weighted by Crippen LogP contribution is 2.31. The van der Waals surface area contributed by atoms with Crippen LogP contribution in [0, 0.1) is 13.8 Å². The molecule has 0 amide bonds. The van der Waals surface area contributed by atoms with Gasteiger partial charge in [0.05, 0.1) is 25.5 Å². The van der Waals surface area contributed by atoms with E-state index >= 15 is 0 Å². The summed E-state index contributed by atoms with van der Waals surface area (Å²) in [6.45, 7) is 4.66. The monoisotopic (exact) mass is 376 g/mol. The summed E-state index contributed by atoms with van der Waals surface area (Å²) in [6.07, 6.45) is 1.66. The average Bonchev–Trinajstić information content (AvgIpc) is 3.12. The summed E-state index contributed by atoms with van der Waals surface area (Å²) < 4.78 is 7.60. The number of aromatic nitrogens is 2. The maximum absolute atomic E-state index is 13.0. The van der Waals surface area contributed by atoms with Gasteiger partial charge in [0.1, 0.15) is 10.4 Å². The topological polar surface area (TPSA) is 44.1 Å². The number of hydrogen-bond donors (Lipinski definition) is 0. The third-order valence-electron chi connectivity index (χ3n) is 4.79. The second-order valence-electron chi connectivity index (χ2n) is 6.66. The van der Waals surface area contributed by atoms with Gasteiger partial charge in [-0.1, -0.05) is 35.9 Å². The number of thiophene rings is 1. The molecule has 0 N–H and O–H groups in total. The van der Waals surface area contributed by atoms with Crippen molar-refractivity contribution in [2.75, 3.05) is 7.11 Å². The van der Waals surface area contributed by atoms with E-state index in [2.05, 4.69) is 37.0 Å². The molecule has 2 aromatic heterocycles. The van der Waals surface area contributed by atoms with E-state index in [-0.39, 0.29) is 5.56 Å². The van der Waals surface area contributed by atoms with E-state index in [4.69, 9.17) is 4.74 Å². The molecule has 0 saturated carbocycles. The highest BCUT2D eigenvalue weighted by molar-refractivity contribution is 7.17. The van der Waals surface area contributed by atoms with Crippen molar-refractivity contribution >= 4 is 21.6 Å². The van der Waals surface area contributed by atoms with Gasteiger partial charge in [0, 0.05) is 10.9 Å². The highest BCUT2D eigenvalue weighted by atomic mass is 32.1. The number of methoxy groups -OCH3 is 1. The van der Waals surface area contributed by atoms with Crippen LogP contribution in [-0.2, 0) is 6.54 Å². The van der Waals surface area contributed by atoms with Gasteiger partial charge in [0.25, 0.3) is 5.56 Å². The Hall–Kier alpha value is -2.92. The largest absolute Gasteiger partial charge is 0.497 e. The maximum Gasteiger partial charge on any atom is 0.271 e. The van der Waals surface area contributed by atoms with Crippen molar-refractivity contribution in [2.24, 2.45) is 0 Å². The number of hydrogen-bond acceptors (Lipinski definition) is 4. The van der Waals surface area contributed by atoms with Gasteiger partial charge in [-0.2, -0.15) is 0 Å². The minimum Gasteiger partial charge on any atom is -0.497 e. The molecule has 4 aromatic rings. The van der Waals surface area contributed by atoms with E-state index in [1.807, 2.05) is 29.6 Å². The average molecular weight is 376 g/mol. The molecule has 27 heavy (non-hydrogen) atoms. The van der Waals surface area contributed by atoms with Crippen molar-refractivity contribution in [2.45, 2.75) is 20.4 Å². The summed E-state index contributed by atoms with van der Waals surface area (Å²) in [7, 11) is 1.65. The van der Waals surface area contributed by atoms with E-state index in [1.54, 1.807) is 18.0 Å². The summed E-state index contributed by atoms with van der Waals surface area (Å²) in [5, 5.41) is 2.00. The van der Waals surface area contributed by atoms with Crippen LogP contribution < -0.4 is 10.3 Å². The van der Waals surface area contributed by atoms with Gasteiger partial charge in [0.2, 0.25) is 0 Å². The minimum atomic E-state index is 0.00525. The minimum absolute atomic E-state index is 0.00525. The normalized spacial score (nSPS) is 11.1. The smallest absolute Gasteiger partial charge is 0.271 e. The Morgan fingerprint density at radius 1 is 1.11 bits per heavy atom. The first-order chi connectivity index (χ1) is 13.1. The van der Waals surface area contributed by atoms with Gasteiger partial charge in [-0.3, -0.25) is 9.36 Å². The lowest BCUT2D eigenvalue weighted by atomic mass is 10.1. The van der Waals surface area contributed by atoms with Crippen LogP contribution in [0.2, 0.25) is 0 Å². The third-order valence-corrected chi connectivity index (χ3v) is 5.75. The van der Waals surface area contributed by atoms with Crippen LogP contribution in [0.4, 0.5) is 0 Å². The Bertz CT molecular complexity index is 1170.